The van der Waals surface area contributed by atoms with Crippen molar-refractivity contribution in [2.75, 3.05) is 6.54 Å². The molecule has 0 radical (unpaired) electrons. The molecule has 128 valence electrons. The van der Waals surface area contributed by atoms with Crippen LogP contribution in [0.4, 0.5) is 0 Å². The minimum absolute atomic E-state index is 0.0931. The maximum Gasteiger partial charge on any atom is 0.294 e. The maximum absolute atomic E-state index is 13.0. The molecule has 0 saturated carbocycles. The van der Waals surface area contributed by atoms with Gasteiger partial charge in [0.1, 0.15) is 0 Å². The Bertz CT molecular complexity index is 944. The zero-order valence-electron chi connectivity index (χ0n) is 14.7. The van der Waals surface area contributed by atoms with Crippen molar-refractivity contribution >= 4 is 11.7 Å². The van der Waals surface area contributed by atoms with Crippen LogP contribution in [0.5, 0.6) is 0 Å². The van der Waals surface area contributed by atoms with E-state index in [0.29, 0.717) is 5.78 Å². The normalized spacial score (nSPS) is 17.4. The second-order valence-electron chi connectivity index (χ2n) is 6.75. The Morgan fingerprint density at radius 1 is 1.12 bits per heavy atom. The number of aromatic nitrogens is 4. The second kappa shape index (κ2) is 5.95. The van der Waals surface area contributed by atoms with Crippen molar-refractivity contribution in [2.45, 2.75) is 39.7 Å². The van der Waals surface area contributed by atoms with Crippen LogP contribution < -0.4 is 0 Å². The highest BCUT2D eigenvalue weighted by Crippen LogP contribution is 2.32. The molecule has 25 heavy (non-hydrogen) atoms. The molecule has 1 amide bonds. The summed E-state index contributed by atoms with van der Waals surface area (Å²) in [5.74, 6) is 0.581. The highest BCUT2D eigenvalue weighted by Gasteiger charge is 2.32. The molecule has 6 nitrogen and oxygen atoms in total. The van der Waals surface area contributed by atoms with Gasteiger partial charge in [0.2, 0.25) is 5.82 Å². The first-order valence-corrected chi connectivity index (χ1v) is 8.61. The van der Waals surface area contributed by atoms with Gasteiger partial charge in [-0.2, -0.15) is 4.98 Å². The second-order valence-corrected chi connectivity index (χ2v) is 6.75. The molecule has 1 fully saturated rings. The molecule has 6 heteroatoms. The molecule has 1 saturated heterocycles. The summed E-state index contributed by atoms with van der Waals surface area (Å²) in [6.07, 6.45) is 1.96. The van der Waals surface area contributed by atoms with Crippen LogP contribution in [0.2, 0.25) is 0 Å². The number of hydrogen-bond acceptors (Lipinski definition) is 4. The van der Waals surface area contributed by atoms with Crippen LogP contribution in [0.25, 0.3) is 5.78 Å². The third-order valence-electron chi connectivity index (χ3n) is 4.79. The Hall–Kier alpha value is -2.76. The third kappa shape index (κ3) is 2.77. The largest absolute Gasteiger partial charge is 0.329 e. The molecule has 1 aliphatic rings. The van der Waals surface area contributed by atoms with E-state index in [9.17, 15) is 4.79 Å². The fourth-order valence-electron chi connectivity index (χ4n) is 3.53. The molecule has 4 rings (SSSR count). The molecule has 3 heterocycles. The van der Waals surface area contributed by atoms with Crippen molar-refractivity contribution in [3.8, 4) is 0 Å². The maximum atomic E-state index is 13.0. The number of rotatable bonds is 2. The average molecular weight is 335 g/mol. The lowest BCUT2D eigenvalue weighted by atomic mass is 10.0. The zero-order valence-corrected chi connectivity index (χ0v) is 14.7. The lowest BCUT2D eigenvalue weighted by molar-refractivity contribution is 0.0723. The number of carbonyl (C=O) groups is 1. The van der Waals surface area contributed by atoms with Crippen LogP contribution in [0.15, 0.2) is 30.3 Å². The fourth-order valence-corrected chi connectivity index (χ4v) is 3.53. The van der Waals surface area contributed by atoms with Gasteiger partial charge in [-0.25, -0.2) is 9.50 Å². The van der Waals surface area contributed by atoms with Gasteiger partial charge in [-0.15, -0.1) is 5.10 Å². The summed E-state index contributed by atoms with van der Waals surface area (Å²) in [5.41, 5.74) is 4.18. The predicted molar refractivity (Wildman–Crippen MR) is 94.4 cm³/mol. The number of carbonyl (C=O) groups excluding carboxylic acids is 1. The quantitative estimate of drug-likeness (QED) is 0.722. The van der Waals surface area contributed by atoms with E-state index >= 15 is 0 Å². The molecule has 3 aromatic rings. The summed E-state index contributed by atoms with van der Waals surface area (Å²) < 4.78 is 1.64. The fraction of sp³-hybridized carbons (Fsp3) is 0.368. The molecule has 0 spiro atoms. The van der Waals surface area contributed by atoms with E-state index in [1.807, 2.05) is 24.8 Å². The molecule has 0 aliphatic carbocycles. The molecular formula is C19H21N5O. The summed E-state index contributed by atoms with van der Waals surface area (Å²) >= 11 is 0. The Balaban J connectivity index is 1.67. The van der Waals surface area contributed by atoms with Crippen molar-refractivity contribution < 1.29 is 4.79 Å². The lowest BCUT2D eigenvalue weighted by Crippen LogP contribution is -2.31. The number of nitrogens with zero attached hydrogens (tertiary/aromatic N) is 5. The monoisotopic (exact) mass is 335 g/mol. The van der Waals surface area contributed by atoms with Crippen LogP contribution in [-0.2, 0) is 0 Å². The number of benzene rings is 1. The van der Waals surface area contributed by atoms with E-state index in [1.54, 1.807) is 4.52 Å². The van der Waals surface area contributed by atoms with E-state index in [1.165, 1.54) is 11.1 Å². The molecule has 1 aliphatic heterocycles. The minimum atomic E-state index is -0.120. The number of aryl methyl sites for hydroxylation is 3. The van der Waals surface area contributed by atoms with Gasteiger partial charge in [0.05, 0.1) is 6.04 Å². The Kier molecular flexibility index (Phi) is 3.75. The van der Waals surface area contributed by atoms with Gasteiger partial charge >= 0.3 is 0 Å². The molecule has 0 bridgehead atoms. The number of fused-ring (bicyclic) bond motifs is 1. The van der Waals surface area contributed by atoms with E-state index in [2.05, 4.69) is 46.3 Å². The molecule has 1 aromatic carbocycles. The molecular weight excluding hydrogens is 314 g/mol. The van der Waals surface area contributed by atoms with Gasteiger partial charge in [0.25, 0.3) is 11.7 Å². The van der Waals surface area contributed by atoms with Crippen LogP contribution in [0.1, 0.15) is 52.0 Å². The molecule has 1 unspecified atom stereocenters. The Morgan fingerprint density at radius 3 is 2.64 bits per heavy atom. The summed E-state index contributed by atoms with van der Waals surface area (Å²) in [4.78, 5) is 23.7. The smallest absolute Gasteiger partial charge is 0.294 e. The summed E-state index contributed by atoms with van der Waals surface area (Å²) in [6.45, 7) is 6.66. The lowest BCUT2D eigenvalue weighted by Gasteiger charge is -2.24. The van der Waals surface area contributed by atoms with Crippen LogP contribution in [0, 0.1) is 20.8 Å². The highest BCUT2D eigenvalue weighted by molar-refractivity contribution is 5.91. The first-order valence-electron chi connectivity index (χ1n) is 8.61. The van der Waals surface area contributed by atoms with Gasteiger partial charge in [-0.1, -0.05) is 29.8 Å². The molecule has 1 atom stereocenters. The Morgan fingerprint density at radius 2 is 1.88 bits per heavy atom. The predicted octanol–water partition coefficient (Wildman–Crippen LogP) is 3.03. The van der Waals surface area contributed by atoms with Crippen molar-refractivity contribution in [1.29, 1.82) is 0 Å². The van der Waals surface area contributed by atoms with Gasteiger partial charge in [-0.3, -0.25) is 4.79 Å². The van der Waals surface area contributed by atoms with E-state index < -0.39 is 0 Å². The highest BCUT2D eigenvalue weighted by atomic mass is 16.2. The van der Waals surface area contributed by atoms with Gasteiger partial charge in [0, 0.05) is 17.9 Å². The van der Waals surface area contributed by atoms with Crippen molar-refractivity contribution in [2.24, 2.45) is 0 Å². The number of hydrogen-bond donors (Lipinski definition) is 0. The Labute approximate surface area is 146 Å². The summed E-state index contributed by atoms with van der Waals surface area (Å²) in [6, 6.07) is 10.4. The summed E-state index contributed by atoms with van der Waals surface area (Å²) in [7, 11) is 0. The zero-order chi connectivity index (χ0) is 17.6. The van der Waals surface area contributed by atoms with E-state index in [0.717, 1.165) is 30.8 Å². The van der Waals surface area contributed by atoms with Gasteiger partial charge < -0.3 is 4.90 Å². The van der Waals surface area contributed by atoms with Gasteiger partial charge in [-0.05, 0) is 45.2 Å². The third-order valence-corrected chi connectivity index (χ3v) is 4.79. The number of likely N-dealkylation sites (tertiary alicyclic amines) is 1. The van der Waals surface area contributed by atoms with Crippen LogP contribution in [-0.4, -0.2) is 36.9 Å². The summed E-state index contributed by atoms with van der Waals surface area (Å²) in [5, 5.41) is 4.39. The minimum Gasteiger partial charge on any atom is -0.329 e. The van der Waals surface area contributed by atoms with Crippen molar-refractivity contribution in [3.05, 3.63) is 58.7 Å². The topological polar surface area (TPSA) is 63.4 Å². The van der Waals surface area contributed by atoms with Crippen LogP contribution >= 0.6 is 0 Å². The van der Waals surface area contributed by atoms with E-state index in [4.69, 9.17) is 0 Å². The standard InChI is InChI=1S/C19H21N5O/c1-12-6-8-15(9-7-12)16-5-4-10-23(16)18(25)17-21-19-20-13(2)11-14(3)24(19)22-17/h6-9,11,16H,4-5,10H2,1-3H3. The SMILES string of the molecule is Cc1ccc(C2CCCN2C(=O)c2nc3nc(C)cc(C)n3n2)cc1. The first-order chi connectivity index (χ1) is 12.0. The van der Waals surface area contributed by atoms with Crippen LogP contribution in [0.3, 0.4) is 0 Å². The van der Waals surface area contributed by atoms with E-state index in [-0.39, 0.29) is 17.8 Å². The van der Waals surface area contributed by atoms with Crippen molar-refractivity contribution in [1.82, 2.24) is 24.5 Å². The van der Waals surface area contributed by atoms with Gasteiger partial charge in [0.15, 0.2) is 0 Å². The number of amides is 1. The molecule has 0 N–H and O–H groups in total. The van der Waals surface area contributed by atoms with Crippen molar-refractivity contribution in [3.63, 3.8) is 0 Å². The first kappa shape index (κ1) is 15.7. The average Bonchev–Trinajstić information content (AvgIpc) is 3.21. The molecule has 2 aromatic heterocycles.